The van der Waals surface area contributed by atoms with E-state index in [4.69, 9.17) is 0 Å². The molecule has 1 aliphatic heterocycles. The van der Waals surface area contributed by atoms with Crippen molar-refractivity contribution in [2.45, 2.75) is 71.3 Å². The van der Waals surface area contributed by atoms with E-state index in [1.807, 2.05) is 0 Å². The van der Waals surface area contributed by atoms with E-state index in [0.29, 0.717) is 12.2 Å². The van der Waals surface area contributed by atoms with Gasteiger partial charge in [0.1, 0.15) is 14.7 Å². The first kappa shape index (κ1) is 25.0. The van der Waals surface area contributed by atoms with Crippen LogP contribution in [0.3, 0.4) is 0 Å². The Hall–Kier alpha value is -1.58. The Kier molecular flexibility index (Phi) is 6.77. The number of hydrogen-bond donors (Lipinski definition) is 0. The third-order valence-electron chi connectivity index (χ3n) is 6.84. The lowest BCUT2D eigenvalue weighted by Crippen LogP contribution is -2.58. The highest BCUT2D eigenvalue weighted by Gasteiger charge is 2.50. The lowest BCUT2D eigenvalue weighted by molar-refractivity contribution is -0.137. The fraction of sp³-hybridized carbons (Fsp3) is 0.478. The average Bonchev–Trinajstić information content (AvgIpc) is 3.21. The van der Waals surface area contributed by atoms with E-state index in [0.717, 1.165) is 10.5 Å². The van der Waals surface area contributed by atoms with Gasteiger partial charge in [-0.2, -0.15) is 0 Å². The molecule has 6 nitrogen and oxygen atoms in total. The van der Waals surface area contributed by atoms with Crippen LogP contribution in [0.4, 0.5) is 0 Å². The molecule has 0 saturated heterocycles. The summed E-state index contributed by atoms with van der Waals surface area (Å²) in [5, 5.41) is 10.2. The molecule has 172 valence electrons. The fourth-order valence-corrected chi connectivity index (χ4v) is 10.0. The van der Waals surface area contributed by atoms with Gasteiger partial charge in [0.05, 0.1) is 27.4 Å². The van der Waals surface area contributed by atoms with Crippen molar-refractivity contribution in [3.8, 4) is 0 Å². The molecule has 0 N–H and O–H groups in total. The van der Waals surface area contributed by atoms with Gasteiger partial charge in [-0.3, -0.25) is 14.5 Å². The maximum atomic E-state index is 12.2. The molecule has 2 heterocycles. The van der Waals surface area contributed by atoms with Gasteiger partial charge in [0.2, 0.25) is 0 Å². The number of carbonyl (C=O) groups is 2. The highest BCUT2D eigenvalue weighted by Crippen LogP contribution is 2.50. The summed E-state index contributed by atoms with van der Waals surface area (Å²) >= 11 is 6.28. The summed E-state index contributed by atoms with van der Waals surface area (Å²) in [5.41, 5.74) is 1.69. The zero-order valence-electron chi connectivity index (χ0n) is 19.7. The van der Waals surface area contributed by atoms with E-state index in [9.17, 15) is 9.59 Å². The second-order valence-electron chi connectivity index (χ2n) is 10.6. The van der Waals surface area contributed by atoms with Gasteiger partial charge < -0.3 is 0 Å². The molecule has 0 radical (unpaired) electrons. The van der Waals surface area contributed by atoms with Crippen molar-refractivity contribution in [3.63, 3.8) is 0 Å². The van der Waals surface area contributed by atoms with Gasteiger partial charge >= 0.3 is 0 Å². The van der Waals surface area contributed by atoms with Crippen LogP contribution in [0.2, 0.25) is 16.6 Å². The first-order valence-electron chi connectivity index (χ1n) is 10.6. The van der Waals surface area contributed by atoms with Gasteiger partial charge in [0, 0.05) is 0 Å². The topological polar surface area (TPSA) is 68.1 Å². The van der Waals surface area contributed by atoms with Gasteiger partial charge in [-0.05, 0) is 47.5 Å². The number of rotatable bonds is 5. The van der Waals surface area contributed by atoms with E-state index in [1.165, 1.54) is 5.19 Å². The van der Waals surface area contributed by atoms with Gasteiger partial charge in [-0.1, -0.05) is 82.8 Å². The number of amides is 2. The van der Waals surface area contributed by atoms with Crippen LogP contribution in [0.25, 0.3) is 0 Å². The van der Waals surface area contributed by atoms with Gasteiger partial charge in [-0.25, -0.2) is 4.68 Å². The summed E-state index contributed by atoms with van der Waals surface area (Å²) in [6, 6.07) is 8.90. The smallest absolute Gasteiger partial charge is 0.268 e. The molecular weight excluding hydrogens is 552 g/mol. The lowest BCUT2D eigenvalue weighted by Gasteiger charge is -2.50. The van der Waals surface area contributed by atoms with Crippen molar-refractivity contribution in [1.82, 2.24) is 19.9 Å². The normalized spacial score (nSPS) is 15.8. The third kappa shape index (κ3) is 4.43. The van der Waals surface area contributed by atoms with Crippen LogP contribution < -0.4 is 5.19 Å². The minimum absolute atomic E-state index is 0.0852. The summed E-state index contributed by atoms with van der Waals surface area (Å²) < 4.78 is 2.20. The van der Waals surface area contributed by atoms with Crippen LogP contribution in [0, 0.1) is 0 Å². The molecule has 3 rings (SSSR count). The Morgan fingerprint density at radius 2 is 1.38 bits per heavy atom. The monoisotopic (exact) mass is 580 g/mol. The molecule has 0 bridgehead atoms. The van der Waals surface area contributed by atoms with Gasteiger partial charge in [-0.15, -0.1) is 5.10 Å². The number of halogens is 2. The summed E-state index contributed by atoms with van der Waals surface area (Å²) in [6.45, 7) is 17.3. The minimum Gasteiger partial charge on any atom is -0.268 e. The van der Waals surface area contributed by atoms with Crippen LogP contribution in [0.1, 0.15) is 52.8 Å². The zero-order chi connectivity index (χ0) is 24.1. The largest absolute Gasteiger partial charge is 0.269 e. The molecular formula is C23H30Br2N4O2Si. The van der Waals surface area contributed by atoms with Crippen LogP contribution in [-0.2, 0) is 22.7 Å². The summed E-state index contributed by atoms with van der Waals surface area (Å²) in [4.78, 5) is 25.5. The zero-order valence-corrected chi connectivity index (χ0v) is 23.8. The molecule has 2 aromatic rings. The average molecular weight is 582 g/mol. The Morgan fingerprint density at radius 3 is 1.84 bits per heavy atom. The van der Waals surface area contributed by atoms with E-state index in [1.54, 1.807) is 10.9 Å². The maximum Gasteiger partial charge on any atom is 0.269 e. The predicted octanol–water partition coefficient (Wildman–Crippen LogP) is 5.08. The van der Waals surface area contributed by atoms with Gasteiger partial charge in [0.25, 0.3) is 11.8 Å². The molecule has 1 aliphatic rings. The number of carbonyl (C=O) groups excluding carboxylic acids is 2. The van der Waals surface area contributed by atoms with Crippen molar-refractivity contribution in [2.24, 2.45) is 0 Å². The standard InChI is InChI=1S/C23H30Br2N4O2Si/c1-22(2,3)32(7,23(4,5)6)17-10-8-15(9-11-17)12-28-13-16(26-27-28)14-29-20(30)18(24)19(25)21(29)31/h8-11,13H,12,14H2,1-7H3. The summed E-state index contributed by atoms with van der Waals surface area (Å²) in [6.07, 6.45) is 1.78. The minimum atomic E-state index is -1.80. The summed E-state index contributed by atoms with van der Waals surface area (Å²) in [5.74, 6) is -0.756. The highest BCUT2D eigenvalue weighted by molar-refractivity contribution is 9.14. The quantitative estimate of drug-likeness (QED) is 0.365. The van der Waals surface area contributed by atoms with E-state index >= 15 is 0 Å². The number of nitrogens with zero attached hydrogens (tertiary/aromatic N) is 4. The van der Waals surface area contributed by atoms with E-state index in [-0.39, 0.29) is 37.4 Å². The number of hydrogen-bond acceptors (Lipinski definition) is 4. The molecule has 0 saturated carbocycles. The van der Waals surface area contributed by atoms with Crippen molar-refractivity contribution in [1.29, 1.82) is 0 Å². The Labute approximate surface area is 207 Å². The second-order valence-corrected chi connectivity index (χ2v) is 18.0. The van der Waals surface area contributed by atoms with Crippen LogP contribution in [0.5, 0.6) is 0 Å². The van der Waals surface area contributed by atoms with Crippen molar-refractivity contribution < 1.29 is 9.59 Å². The Balaban J connectivity index is 1.74. The van der Waals surface area contributed by atoms with Crippen LogP contribution in [0.15, 0.2) is 39.4 Å². The first-order chi connectivity index (χ1) is 14.7. The van der Waals surface area contributed by atoms with Crippen molar-refractivity contribution in [3.05, 3.63) is 50.7 Å². The molecule has 0 spiro atoms. The third-order valence-corrected chi connectivity index (χ3v) is 16.3. The fourth-order valence-electron chi connectivity index (χ4n) is 4.43. The Morgan fingerprint density at radius 1 is 0.875 bits per heavy atom. The lowest BCUT2D eigenvalue weighted by atomic mass is 10.2. The molecule has 1 aromatic heterocycles. The number of benzene rings is 1. The molecule has 0 unspecified atom stereocenters. The predicted molar refractivity (Wildman–Crippen MR) is 137 cm³/mol. The molecule has 32 heavy (non-hydrogen) atoms. The van der Waals surface area contributed by atoms with Crippen LogP contribution >= 0.6 is 31.9 Å². The number of aromatic nitrogens is 3. The van der Waals surface area contributed by atoms with E-state index in [2.05, 4.69) is 115 Å². The second kappa shape index (κ2) is 8.65. The molecule has 9 heteroatoms. The first-order valence-corrected chi connectivity index (χ1v) is 14.7. The van der Waals surface area contributed by atoms with Crippen molar-refractivity contribution in [2.75, 3.05) is 0 Å². The van der Waals surface area contributed by atoms with Crippen molar-refractivity contribution >= 4 is 56.9 Å². The molecule has 0 aliphatic carbocycles. The SMILES string of the molecule is CC(C)(C)[Si](C)(c1ccc(Cn2cc(CN3C(=O)C(Br)=C(Br)C3=O)nn2)cc1)C(C)(C)C. The molecule has 1 aromatic carbocycles. The number of imide groups is 1. The van der Waals surface area contributed by atoms with E-state index < -0.39 is 8.07 Å². The van der Waals surface area contributed by atoms with Crippen LogP contribution in [-0.4, -0.2) is 39.8 Å². The summed E-state index contributed by atoms with van der Waals surface area (Å²) in [7, 11) is -1.80. The highest BCUT2D eigenvalue weighted by atomic mass is 79.9. The molecule has 0 atom stereocenters. The van der Waals surface area contributed by atoms with Gasteiger partial charge in [0.15, 0.2) is 0 Å². The molecule has 2 amide bonds. The molecule has 0 fully saturated rings. The Bertz CT molecular complexity index is 1040. The maximum absolute atomic E-state index is 12.2.